The maximum absolute atomic E-state index is 11.2. The lowest BCUT2D eigenvalue weighted by molar-refractivity contribution is 0.00578. The van der Waals surface area contributed by atoms with Crippen LogP contribution >= 0.6 is 15.9 Å². The molecule has 0 aromatic heterocycles. The van der Waals surface area contributed by atoms with Crippen molar-refractivity contribution >= 4 is 63.4 Å². The van der Waals surface area contributed by atoms with Crippen molar-refractivity contribution < 1.29 is 28.8 Å². The summed E-state index contributed by atoms with van der Waals surface area (Å²) in [6.45, 7) is 14.7. The Hall–Kier alpha value is -4.75. The van der Waals surface area contributed by atoms with E-state index in [1.54, 1.807) is 36.4 Å². The molecular formula is C46H69BBrN9O6. The number of rotatable bonds is 6. The van der Waals surface area contributed by atoms with E-state index in [0.717, 1.165) is 82.1 Å². The van der Waals surface area contributed by atoms with E-state index < -0.39 is 17.7 Å². The number of hydrogen-bond acceptors (Lipinski definition) is 12. The number of carbonyl (C=O) groups is 3. The Labute approximate surface area is 382 Å². The van der Waals surface area contributed by atoms with E-state index >= 15 is 0 Å². The fraction of sp³-hybridized carbons (Fsp3) is 0.457. The highest BCUT2D eigenvalue weighted by Crippen LogP contribution is 2.39. The summed E-state index contributed by atoms with van der Waals surface area (Å²) in [6.07, 6.45) is 8.70. The van der Waals surface area contributed by atoms with Gasteiger partial charge in [0.2, 0.25) is 0 Å². The Balaban J connectivity index is 0.000000223. The molecule has 0 radical (unpaired) electrons. The SMILES string of the molecule is CN1CC=C(B2OC(C)(C)C(C)(C)O2)CC1.CN1CC=C(c2ccc(N)c(C(N)=O)c2)CC1.CN1CCC(c2ccc(N)c(C(N)=O)c2)CC1.CO.NC(=O)c1cc(Br)ccc1N. The van der Waals surface area contributed by atoms with Crippen LogP contribution in [-0.4, -0.2) is 123 Å². The van der Waals surface area contributed by atoms with Crippen molar-refractivity contribution in [1.29, 1.82) is 0 Å². The van der Waals surface area contributed by atoms with Gasteiger partial charge in [0.15, 0.2) is 0 Å². The third kappa shape index (κ3) is 15.2. The number of nitrogen functional groups attached to an aromatic ring is 3. The third-order valence-electron chi connectivity index (χ3n) is 11.9. The lowest BCUT2D eigenvalue weighted by Crippen LogP contribution is -2.41. The zero-order valence-electron chi connectivity index (χ0n) is 38.2. The molecule has 4 aliphatic heterocycles. The summed E-state index contributed by atoms with van der Waals surface area (Å²) in [4.78, 5) is 40.0. The molecule has 3 aromatic carbocycles. The molecule has 17 heteroatoms. The average molecular weight is 935 g/mol. The lowest BCUT2D eigenvalue weighted by Gasteiger charge is -2.32. The van der Waals surface area contributed by atoms with Gasteiger partial charge < -0.3 is 63.5 Å². The Morgan fingerprint density at radius 1 is 0.651 bits per heavy atom. The summed E-state index contributed by atoms with van der Waals surface area (Å²) in [6, 6.07) is 16.1. The fourth-order valence-electron chi connectivity index (χ4n) is 7.12. The highest BCUT2D eigenvalue weighted by molar-refractivity contribution is 9.10. The predicted molar refractivity (Wildman–Crippen MR) is 260 cm³/mol. The first kappa shape index (κ1) is 52.6. The van der Waals surface area contributed by atoms with Crippen molar-refractivity contribution in [2.24, 2.45) is 17.2 Å². The van der Waals surface area contributed by atoms with Gasteiger partial charge in [-0.1, -0.05) is 40.2 Å². The topological polar surface area (TPSA) is 256 Å². The van der Waals surface area contributed by atoms with Crippen LogP contribution in [0.25, 0.3) is 5.57 Å². The van der Waals surface area contributed by atoms with Crippen molar-refractivity contribution in [2.45, 2.75) is 70.5 Å². The van der Waals surface area contributed by atoms with Crippen LogP contribution in [0, 0.1) is 0 Å². The van der Waals surface area contributed by atoms with Gasteiger partial charge in [-0.3, -0.25) is 14.4 Å². The highest BCUT2D eigenvalue weighted by Gasteiger charge is 2.52. The molecule has 0 unspecified atom stereocenters. The van der Waals surface area contributed by atoms with Crippen LogP contribution in [0.4, 0.5) is 17.1 Å². The fourth-order valence-corrected chi connectivity index (χ4v) is 7.48. The number of aliphatic hydroxyl groups excluding tert-OH is 1. The molecule has 4 aliphatic rings. The largest absolute Gasteiger partial charge is 0.490 e. The first-order valence-electron chi connectivity index (χ1n) is 21.1. The quantitative estimate of drug-likeness (QED) is 0.129. The number of anilines is 3. The minimum absolute atomic E-state index is 0.140. The summed E-state index contributed by atoms with van der Waals surface area (Å²) >= 11 is 3.20. The molecule has 3 amide bonds. The number of hydrogen-bond donors (Lipinski definition) is 7. The number of halogens is 1. The Bertz CT molecular complexity index is 2090. The van der Waals surface area contributed by atoms with Crippen molar-refractivity contribution in [3.63, 3.8) is 0 Å². The molecule has 0 aliphatic carbocycles. The number of aliphatic hydroxyl groups is 1. The first-order chi connectivity index (χ1) is 29.6. The monoisotopic (exact) mass is 933 g/mol. The van der Waals surface area contributed by atoms with Crippen LogP contribution in [0.5, 0.6) is 0 Å². The van der Waals surface area contributed by atoms with Crippen LogP contribution in [0.15, 0.2) is 76.7 Å². The molecule has 3 aromatic rings. The van der Waals surface area contributed by atoms with Gasteiger partial charge in [0, 0.05) is 54.8 Å². The number of benzene rings is 3. The molecule has 63 heavy (non-hydrogen) atoms. The van der Waals surface area contributed by atoms with Gasteiger partial charge in [0.25, 0.3) is 17.7 Å². The van der Waals surface area contributed by atoms with Gasteiger partial charge >= 0.3 is 7.12 Å². The normalized spacial score (nSPS) is 18.6. The van der Waals surface area contributed by atoms with E-state index in [1.165, 1.54) is 16.6 Å². The summed E-state index contributed by atoms with van der Waals surface area (Å²) in [7, 11) is 7.22. The number of likely N-dealkylation sites (N-methyl/N-ethyl adjacent to an activating group) is 2. The van der Waals surface area contributed by atoms with Gasteiger partial charge in [-0.05, 0) is 158 Å². The van der Waals surface area contributed by atoms with Gasteiger partial charge in [-0.25, -0.2) is 0 Å². The Kier molecular flexibility index (Phi) is 19.9. The van der Waals surface area contributed by atoms with Crippen molar-refractivity contribution in [3.8, 4) is 0 Å². The maximum atomic E-state index is 11.2. The van der Waals surface area contributed by atoms with Crippen molar-refractivity contribution in [1.82, 2.24) is 14.7 Å². The minimum Gasteiger partial charge on any atom is -0.400 e. The van der Waals surface area contributed by atoms with Gasteiger partial charge in [0.1, 0.15) is 0 Å². The van der Waals surface area contributed by atoms with Crippen LogP contribution in [0.1, 0.15) is 101 Å². The van der Waals surface area contributed by atoms with Crippen LogP contribution < -0.4 is 34.4 Å². The molecule has 0 bridgehead atoms. The van der Waals surface area contributed by atoms with Crippen LogP contribution in [0.3, 0.4) is 0 Å². The Morgan fingerprint density at radius 3 is 1.57 bits per heavy atom. The molecular weight excluding hydrogens is 865 g/mol. The van der Waals surface area contributed by atoms with Gasteiger partial charge in [-0.15, -0.1) is 0 Å². The zero-order valence-corrected chi connectivity index (χ0v) is 39.8. The number of piperidine rings is 1. The molecule has 0 spiro atoms. The molecule has 0 saturated carbocycles. The van der Waals surface area contributed by atoms with Gasteiger partial charge in [-0.2, -0.15) is 0 Å². The first-order valence-corrected chi connectivity index (χ1v) is 21.9. The average Bonchev–Trinajstić information content (AvgIpc) is 3.46. The molecule has 13 N–H and O–H groups in total. The Morgan fingerprint density at radius 2 is 1.11 bits per heavy atom. The second-order valence-corrected chi connectivity index (χ2v) is 18.1. The van der Waals surface area contributed by atoms with E-state index in [4.69, 9.17) is 48.8 Å². The standard InChI is InChI=1S/C13H19N3O.C13H17N3O.C12H22BNO2.C7H7BrN2O.CH4O/c2*1-16-6-4-9(5-7-16)10-2-3-12(14)11(8-10)13(15)17;1-11(2)12(3,4)16-13(15-11)10-6-8-14(5)9-7-10;8-4-1-2-6(9)5(3-4)7(10)11;1-2/h2-3,8-9H,4-7,14H2,1H3,(H2,15,17);2-4,8H,5-7,14H2,1H3,(H2,15,17);6H,7-9H2,1-5H3;1-3H,9H2,(H2,10,11);2H,1H3. The number of carbonyl (C=O) groups excluding carboxylic acids is 3. The maximum Gasteiger partial charge on any atom is 0.490 e. The van der Waals surface area contributed by atoms with E-state index in [2.05, 4.69) is 91.6 Å². The predicted octanol–water partition coefficient (Wildman–Crippen LogP) is 4.88. The minimum atomic E-state index is -0.510. The second-order valence-electron chi connectivity index (χ2n) is 17.2. The summed E-state index contributed by atoms with van der Waals surface area (Å²) in [5.41, 5.74) is 39.4. The highest BCUT2D eigenvalue weighted by atomic mass is 79.9. The molecule has 2 fully saturated rings. The van der Waals surface area contributed by atoms with Crippen LogP contribution in [0.2, 0.25) is 0 Å². The molecule has 2 saturated heterocycles. The second kappa shape index (κ2) is 23.8. The number of primary amides is 3. The smallest absolute Gasteiger partial charge is 0.400 e. The lowest BCUT2D eigenvalue weighted by atomic mass is 9.75. The summed E-state index contributed by atoms with van der Waals surface area (Å²) in [5.74, 6) is -0.913. The van der Waals surface area contributed by atoms with E-state index in [1.807, 2.05) is 18.2 Å². The molecule has 344 valence electrons. The molecule has 0 atom stereocenters. The van der Waals surface area contributed by atoms with E-state index in [9.17, 15) is 14.4 Å². The molecule has 15 nitrogen and oxygen atoms in total. The number of amides is 3. The van der Waals surface area contributed by atoms with Crippen LogP contribution in [-0.2, 0) is 9.31 Å². The zero-order chi connectivity index (χ0) is 47.2. The van der Waals surface area contributed by atoms with E-state index in [0.29, 0.717) is 39.7 Å². The van der Waals surface area contributed by atoms with E-state index in [-0.39, 0.29) is 18.3 Å². The van der Waals surface area contributed by atoms with Crippen molar-refractivity contribution in [2.75, 3.05) is 84.7 Å². The number of likely N-dealkylation sites (tertiary alicyclic amines) is 1. The molecule has 4 heterocycles. The summed E-state index contributed by atoms with van der Waals surface area (Å²) in [5, 5.41) is 7.00. The summed E-state index contributed by atoms with van der Waals surface area (Å²) < 4.78 is 12.9. The number of nitrogens with two attached hydrogens (primary N) is 6. The van der Waals surface area contributed by atoms with Gasteiger partial charge in [0.05, 0.1) is 27.9 Å². The third-order valence-corrected chi connectivity index (χ3v) is 12.4. The number of nitrogens with zero attached hydrogens (tertiary/aromatic N) is 3. The van der Waals surface area contributed by atoms with Crippen molar-refractivity contribution in [3.05, 3.63) is 105 Å². The molecule has 7 rings (SSSR count).